The smallest absolute Gasteiger partial charge is 0.387 e. The summed E-state index contributed by atoms with van der Waals surface area (Å²) >= 11 is 3.25. The molecule has 0 saturated heterocycles. The molecule has 0 bridgehead atoms. The van der Waals surface area contributed by atoms with Gasteiger partial charge in [-0.1, -0.05) is 15.9 Å². The van der Waals surface area contributed by atoms with Gasteiger partial charge in [0.15, 0.2) is 0 Å². The van der Waals surface area contributed by atoms with Crippen LogP contribution in [0, 0.1) is 0 Å². The largest absolute Gasteiger partial charge is 0.435 e. The van der Waals surface area contributed by atoms with Crippen LogP contribution in [0.5, 0.6) is 5.75 Å². The molecule has 0 aromatic heterocycles. The highest BCUT2D eigenvalue weighted by atomic mass is 79.9. The molecule has 1 amide bonds. The zero-order chi connectivity index (χ0) is 15.4. The summed E-state index contributed by atoms with van der Waals surface area (Å²) in [5, 5.41) is 2.63. The number of nitrogens with one attached hydrogen (secondary N) is 1. The van der Waals surface area contributed by atoms with Crippen molar-refractivity contribution in [1.29, 1.82) is 0 Å². The maximum atomic E-state index is 12.0. The van der Waals surface area contributed by atoms with E-state index >= 15 is 0 Å². The number of hydrogen-bond donors (Lipinski definition) is 2. The Hall–Kier alpha value is -2.15. The Labute approximate surface area is 128 Å². The van der Waals surface area contributed by atoms with Crippen LogP contribution < -0.4 is 15.8 Å². The zero-order valence-corrected chi connectivity index (χ0v) is 12.2. The predicted molar refractivity (Wildman–Crippen MR) is 79.6 cm³/mol. The molecule has 0 aliphatic rings. The van der Waals surface area contributed by atoms with E-state index in [2.05, 4.69) is 26.0 Å². The number of halogens is 3. The van der Waals surface area contributed by atoms with Crippen molar-refractivity contribution >= 4 is 33.2 Å². The summed E-state index contributed by atoms with van der Waals surface area (Å²) in [6.07, 6.45) is 0. The highest BCUT2D eigenvalue weighted by Crippen LogP contribution is 2.20. The Morgan fingerprint density at radius 2 is 1.86 bits per heavy atom. The first kappa shape index (κ1) is 15.2. The van der Waals surface area contributed by atoms with Gasteiger partial charge in [0.1, 0.15) is 5.75 Å². The second-order valence-electron chi connectivity index (χ2n) is 4.13. The van der Waals surface area contributed by atoms with Gasteiger partial charge in [-0.15, -0.1) is 0 Å². The monoisotopic (exact) mass is 356 g/mol. The van der Waals surface area contributed by atoms with Crippen molar-refractivity contribution in [2.45, 2.75) is 6.61 Å². The SMILES string of the molecule is Nc1cc(Br)cc(C(=O)Nc2ccc(OC(F)F)cc2)c1. The van der Waals surface area contributed by atoms with Crippen LogP contribution in [0.1, 0.15) is 10.4 Å². The normalized spacial score (nSPS) is 10.5. The lowest BCUT2D eigenvalue weighted by Gasteiger charge is -2.08. The van der Waals surface area contributed by atoms with Crippen LogP contribution in [-0.2, 0) is 0 Å². The van der Waals surface area contributed by atoms with Gasteiger partial charge in [0, 0.05) is 21.4 Å². The second kappa shape index (κ2) is 6.53. The van der Waals surface area contributed by atoms with Gasteiger partial charge in [-0.3, -0.25) is 4.79 Å². The van der Waals surface area contributed by atoms with Crippen LogP contribution in [0.3, 0.4) is 0 Å². The van der Waals surface area contributed by atoms with Crippen LogP contribution in [-0.4, -0.2) is 12.5 Å². The quantitative estimate of drug-likeness (QED) is 0.817. The average Bonchev–Trinajstić information content (AvgIpc) is 2.39. The summed E-state index contributed by atoms with van der Waals surface area (Å²) < 4.78 is 28.9. The minimum absolute atomic E-state index is 0.0229. The molecule has 0 atom stereocenters. The molecule has 0 spiro atoms. The second-order valence-corrected chi connectivity index (χ2v) is 5.05. The Balaban J connectivity index is 2.08. The Morgan fingerprint density at radius 3 is 2.43 bits per heavy atom. The van der Waals surface area contributed by atoms with E-state index in [4.69, 9.17) is 5.73 Å². The Kier molecular flexibility index (Phi) is 4.74. The fourth-order valence-electron chi connectivity index (χ4n) is 1.67. The van der Waals surface area contributed by atoms with Crippen molar-refractivity contribution in [2.24, 2.45) is 0 Å². The number of carbonyl (C=O) groups is 1. The molecule has 0 fully saturated rings. The molecule has 7 heteroatoms. The Bertz CT molecular complexity index is 628. The topological polar surface area (TPSA) is 64.4 Å². The predicted octanol–water partition coefficient (Wildman–Crippen LogP) is 3.89. The molecule has 4 nitrogen and oxygen atoms in total. The molecular formula is C14H11BrF2N2O2. The minimum atomic E-state index is -2.88. The van der Waals surface area contributed by atoms with E-state index in [1.54, 1.807) is 12.1 Å². The molecule has 0 unspecified atom stereocenters. The molecule has 0 aliphatic carbocycles. The molecule has 0 aliphatic heterocycles. The van der Waals surface area contributed by atoms with Gasteiger partial charge < -0.3 is 15.8 Å². The summed E-state index contributed by atoms with van der Waals surface area (Å²) in [6.45, 7) is -2.88. The summed E-state index contributed by atoms with van der Waals surface area (Å²) in [6, 6.07) is 10.5. The first-order valence-corrected chi connectivity index (χ1v) is 6.65. The van der Waals surface area contributed by atoms with E-state index in [1.807, 2.05) is 0 Å². The van der Waals surface area contributed by atoms with Crippen molar-refractivity contribution in [3.05, 3.63) is 52.5 Å². The number of benzene rings is 2. The van der Waals surface area contributed by atoms with Gasteiger partial charge in [-0.05, 0) is 42.5 Å². The molecule has 0 radical (unpaired) electrons. The van der Waals surface area contributed by atoms with E-state index in [1.165, 1.54) is 30.3 Å². The van der Waals surface area contributed by atoms with Crippen LogP contribution in [0.25, 0.3) is 0 Å². The Morgan fingerprint density at radius 1 is 1.19 bits per heavy atom. The number of nitrogen functional groups attached to an aromatic ring is 1. The van der Waals surface area contributed by atoms with Crippen molar-refractivity contribution in [3.8, 4) is 5.75 Å². The van der Waals surface area contributed by atoms with Crippen molar-refractivity contribution in [1.82, 2.24) is 0 Å². The molecule has 2 aromatic rings. The van der Waals surface area contributed by atoms with Gasteiger partial charge >= 0.3 is 6.61 Å². The standard InChI is InChI=1S/C14H11BrF2N2O2/c15-9-5-8(6-10(18)7-9)13(20)19-11-1-3-12(4-2-11)21-14(16)17/h1-7,14H,18H2,(H,19,20). The first-order valence-electron chi connectivity index (χ1n) is 5.86. The minimum Gasteiger partial charge on any atom is -0.435 e. The number of ether oxygens (including phenoxy) is 1. The summed E-state index contributed by atoms with van der Waals surface area (Å²) in [5.74, 6) is -0.333. The fourth-order valence-corrected chi connectivity index (χ4v) is 2.18. The first-order chi connectivity index (χ1) is 9.94. The van der Waals surface area contributed by atoms with E-state index in [9.17, 15) is 13.6 Å². The average molecular weight is 357 g/mol. The third-order valence-electron chi connectivity index (χ3n) is 2.52. The van der Waals surface area contributed by atoms with Crippen molar-refractivity contribution in [3.63, 3.8) is 0 Å². The number of nitrogens with two attached hydrogens (primary N) is 1. The maximum absolute atomic E-state index is 12.0. The van der Waals surface area contributed by atoms with Gasteiger partial charge in [0.2, 0.25) is 0 Å². The summed E-state index contributed by atoms with van der Waals surface area (Å²) in [4.78, 5) is 12.0. The number of rotatable bonds is 4. The van der Waals surface area contributed by atoms with Crippen LogP contribution in [0.2, 0.25) is 0 Å². The molecule has 2 rings (SSSR count). The highest BCUT2D eigenvalue weighted by molar-refractivity contribution is 9.10. The van der Waals surface area contributed by atoms with Gasteiger partial charge in [-0.25, -0.2) is 0 Å². The van der Waals surface area contributed by atoms with Gasteiger partial charge in [-0.2, -0.15) is 8.78 Å². The molecule has 21 heavy (non-hydrogen) atoms. The lowest BCUT2D eigenvalue weighted by molar-refractivity contribution is -0.0498. The lowest BCUT2D eigenvalue weighted by atomic mass is 10.2. The number of hydrogen-bond acceptors (Lipinski definition) is 3. The van der Waals surface area contributed by atoms with E-state index in [-0.39, 0.29) is 11.7 Å². The summed E-state index contributed by atoms with van der Waals surface area (Å²) in [5.41, 5.74) is 6.96. The number of alkyl halides is 2. The maximum Gasteiger partial charge on any atom is 0.387 e. The molecule has 0 heterocycles. The third kappa shape index (κ3) is 4.42. The van der Waals surface area contributed by atoms with E-state index in [0.717, 1.165) is 0 Å². The van der Waals surface area contributed by atoms with Crippen LogP contribution in [0.15, 0.2) is 46.9 Å². The number of anilines is 2. The van der Waals surface area contributed by atoms with Crippen LogP contribution >= 0.6 is 15.9 Å². The molecule has 110 valence electrons. The fraction of sp³-hybridized carbons (Fsp3) is 0.0714. The van der Waals surface area contributed by atoms with E-state index < -0.39 is 6.61 Å². The molecular weight excluding hydrogens is 346 g/mol. The van der Waals surface area contributed by atoms with Gasteiger partial charge in [0.05, 0.1) is 0 Å². The van der Waals surface area contributed by atoms with Crippen molar-refractivity contribution < 1.29 is 18.3 Å². The van der Waals surface area contributed by atoms with Gasteiger partial charge in [0.25, 0.3) is 5.91 Å². The highest BCUT2D eigenvalue weighted by Gasteiger charge is 2.09. The number of amides is 1. The zero-order valence-electron chi connectivity index (χ0n) is 10.6. The number of carbonyl (C=O) groups excluding carboxylic acids is 1. The summed E-state index contributed by atoms with van der Waals surface area (Å²) in [7, 11) is 0. The molecule has 0 saturated carbocycles. The van der Waals surface area contributed by atoms with Crippen molar-refractivity contribution in [2.75, 3.05) is 11.1 Å². The molecule has 3 N–H and O–H groups in total. The lowest BCUT2D eigenvalue weighted by Crippen LogP contribution is -2.12. The molecule has 2 aromatic carbocycles. The van der Waals surface area contributed by atoms with E-state index in [0.29, 0.717) is 21.4 Å². The van der Waals surface area contributed by atoms with Crippen LogP contribution in [0.4, 0.5) is 20.2 Å². The third-order valence-corrected chi connectivity index (χ3v) is 2.98.